The summed E-state index contributed by atoms with van der Waals surface area (Å²) in [6, 6.07) is 13.0. The Morgan fingerprint density at radius 2 is 2.09 bits per heavy atom. The Morgan fingerprint density at radius 1 is 1.27 bits per heavy atom. The first-order valence-corrected chi connectivity index (χ1v) is 7.60. The molecule has 0 bridgehead atoms. The second kappa shape index (κ2) is 6.32. The van der Waals surface area contributed by atoms with Gasteiger partial charge in [-0.2, -0.15) is 0 Å². The van der Waals surface area contributed by atoms with E-state index in [2.05, 4.69) is 10.6 Å². The molecule has 0 radical (unpaired) electrons. The van der Waals surface area contributed by atoms with E-state index in [1.54, 1.807) is 13.0 Å². The maximum Gasteiger partial charge on any atom is 0.171 e. The van der Waals surface area contributed by atoms with Crippen LogP contribution in [0.3, 0.4) is 0 Å². The second-order valence-electron chi connectivity index (χ2n) is 5.29. The lowest BCUT2D eigenvalue weighted by molar-refractivity contribution is 0.262. The normalized spacial score (nSPS) is 16.4. The van der Waals surface area contributed by atoms with E-state index in [1.807, 2.05) is 30.3 Å². The number of fused-ring (bicyclic) bond motifs is 1. The number of ether oxygens (including phenoxy) is 1. The predicted molar refractivity (Wildman–Crippen MR) is 89.8 cm³/mol. The Labute approximate surface area is 134 Å². The van der Waals surface area contributed by atoms with Gasteiger partial charge in [0, 0.05) is 17.7 Å². The van der Waals surface area contributed by atoms with Gasteiger partial charge < -0.3 is 15.4 Å². The smallest absolute Gasteiger partial charge is 0.171 e. The van der Waals surface area contributed by atoms with Crippen LogP contribution in [0.15, 0.2) is 42.5 Å². The molecule has 1 atom stereocenters. The van der Waals surface area contributed by atoms with Gasteiger partial charge >= 0.3 is 0 Å². The van der Waals surface area contributed by atoms with Crippen LogP contribution in [-0.2, 0) is 0 Å². The Bertz CT molecular complexity index is 705. The van der Waals surface area contributed by atoms with Crippen LogP contribution in [0.1, 0.15) is 23.6 Å². The Balaban J connectivity index is 1.69. The zero-order chi connectivity index (χ0) is 15.5. The maximum atomic E-state index is 13.6. The average Bonchev–Trinajstić information content (AvgIpc) is 2.51. The number of hydrogen-bond donors (Lipinski definition) is 2. The quantitative estimate of drug-likeness (QED) is 0.822. The van der Waals surface area contributed by atoms with Crippen LogP contribution in [0.2, 0.25) is 0 Å². The summed E-state index contributed by atoms with van der Waals surface area (Å²) in [7, 11) is 0. The lowest BCUT2D eigenvalue weighted by Crippen LogP contribution is -2.35. The summed E-state index contributed by atoms with van der Waals surface area (Å²) in [6.07, 6.45) is 0.834. The molecule has 3 nitrogen and oxygen atoms in total. The fourth-order valence-electron chi connectivity index (χ4n) is 2.49. The number of aryl methyl sites for hydroxylation is 1. The van der Waals surface area contributed by atoms with E-state index in [-0.39, 0.29) is 11.9 Å². The average molecular weight is 316 g/mol. The molecule has 2 N–H and O–H groups in total. The minimum Gasteiger partial charge on any atom is -0.493 e. The van der Waals surface area contributed by atoms with Crippen molar-refractivity contribution in [2.75, 3.05) is 11.9 Å². The van der Waals surface area contributed by atoms with Crippen LogP contribution in [0.4, 0.5) is 10.1 Å². The van der Waals surface area contributed by atoms with Crippen LogP contribution < -0.4 is 15.4 Å². The minimum atomic E-state index is -0.246. The van der Waals surface area contributed by atoms with Crippen LogP contribution in [-0.4, -0.2) is 11.7 Å². The van der Waals surface area contributed by atoms with Crippen molar-refractivity contribution in [1.82, 2.24) is 5.32 Å². The monoisotopic (exact) mass is 316 g/mol. The van der Waals surface area contributed by atoms with E-state index in [0.717, 1.165) is 17.7 Å². The molecule has 5 heteroatoms. The molecular weight excluding hydrogens is 299 g/mol. The first-order valence-electron chi connectivity index (χ1n) is 7.19. The highest BCUT2D eigenvalue weighted by Gasteiger charge is 2.21. The van der Waals surface area contributed by atoms with E-state index in [0.29, 0.717) is 23.0 Å². The molecule has 0 fully saturated rings. The highest BCUT2D eigenvalue weighted by atomic mass is 32.1. The van der Waals surface area contributed by atoms with E-state index in [4.69, 9.17) is 17.0 Å². The third-order valence-corrected chi connectivity index (χ3v) is 3.91. The van der Waals surface area contributed by atoms with Gasteiger partial charge in [0.05, 0.1) is 12.6 Å². The molecule has 2 aromatic carbocycles. The van der Waals surface area contributed by atoms with Crippen LogP contribution in [0.25, 0.3) is 0 Å². The third kappa shape index (κ3) is 3.20. The van der Waals surface area contributed by atoms with Gasteiger partial charge in [-0.1, -0.05) is 24.3 Å². The number of anilines is 1. The zero-order valence-corrected chi connectivity index (χ0v) is 13.0. The van der Waals surface area contributed by atoms with E-state index >= 15 is 0 Å². The minimum absolute atomic E-state index is 0.0974. The zero-order valence-electron chi connectivity index (χ0n) is 12.2. The molecule has 1 heterocycles. The molecule has 0 spiro atoms. The molecule has 1 aliphatic heterocycles. The number of benzene rings is 2. The number of nitrogens with one attached hydrogen (secondary N) is 2. The lowest BCUT2D eigenvalue weighted by Gasteiger charge is -2.27. The molecule has 0 aromatic heterocycles. The molecule has 114 valence electrons. The standard InChI is InChI=1S/C17H17FN2OS/c1-11-6-7-12(10-14(11)18)19-17(22)20-15-8-9-21-16-5-3-2-4-13(15)16/h2-7,10,15H,8-9H2,1H3,(H2,19,20,22)/t15-/m1/s1. The van der Waals surface area contributed by atoms with Crippen molar-refractivity contribution in [1.29, 1.82) is 0 Å². The van der Waals surface area contributed by atoms with Crippen molar-refractivity contribution in [3.05, 3.63) is 59.4 Å². The summed E-state index contributed by atoms with van der Waals surface area (Å²) in [5, 5.41) is 6.78. The largest absolute Gasteiger partial charge is 0.493 e. The van der Waals surface area contributed by atoms with Crippen molar-refractivity contribution in [3.8, 4) is 5.75 Å². The van der Waals surface area contributed by atoms with Crippen molar-refractivity contribution >= 4 is 23.0 Å². The number of halogens is 1. The molecule has 2 aromatic rings. The van der Waals surface area contributed by atoms with Crippen molar-refractivity contribution in [2.45, 2.75) is 19.4 Å². The van der Waals surface area contributed by atoms with Gasteiger partial charge in [0.15, 0.2) is 5.11 Å². The highest BCUT2D eigenvalue weighted by Crippen LogP contribution is 2.31. The lowest BCUT2D eigenvalue weighted by atomic mass is 10.0. The SMILES string of the molecule is Cc1ccc(NC(=S)N[C@@H]2CCOc3ccccc32)cc1F. The van der Waals surface area contributed by atoms with Crippen molar-refractivity contribution in [2.24, 2.45) is 0 Å². The predicted octanol–water partition coefficient (Wildman–Crippen LogP) is 3.94. The van der Waals surface area contributed by atoms with Crippen molar-refractivity contribution in [3.63, 3.8) is 0 Å². The Morgan fingerprint density at radius 3 is 2.91 bits per heavy atom. The van der Waals surface area contributed by atoms with Gasteiger partial charge in [-0.05, 0) is 42.9 Å². The first-order chi connectivity index (χ1) is 10.6. The molecule has 0 saturated heterocycles. The number of thiocarbonyl (C=S) groups is 1. The first kappa shape index (κ1) is 14.8. The third-order valence-electron chi connectivity index (χ3n) is 3.69. The second-order valence-corrected chi connectivity index (χ2v) is 5.70. The van der Waals surface area contributed by atoms with Crippen LogP contribution >= 0.6 is 12.2 Å². The topological polar surface area (TPSA) is 33.3 Å². The number of para-hydroxylation sites is 1. The fourth-order valence-corrected chi connectivity index (χ4v) is 2.75. The van der Waals surface area contributed by atoms with Crippen LogP contribution in [0.5, 0.6) is 5.75 Å². The summed E-state index contributed by atoms with van der Waals surface area (Å²) in [6.45, 7) is 2.38. The summed E-state index contributed by atoms with van der Waals surface area (Å²) in [4.78, 5) is 0. The molecule has 3 rings (SSSR count). The van der Waals surface area contributed by atoms with Gasteiger partial charge in [-0.15, -0.1) is 0 Å². The fraction of sp³-hybridized carbons (Fsp3) is 0.235. The van der Waals surface area contributed by atoms with Gasteiger partial charge in [0.1, 0.15) is 11.6 Å². The molecular formula is C17H17FN2OS. The highest BCUT2D eigenvalue weighted by molar-refractivity contribution is 7.80. The van der Waals surface area contributed by atoms with E-state index in [9.17, 15) is 4.39 Å². The Kier molecular flexibility index (Phi) is 4.24. The van der Waals surface area contributed by atoms with Crippen molar-refractivity contribution < 1.29 is 9.13 Å². The number of hydrogen-bond acceptors (Lipinski definition) is 2. The van der Waals surface area contributed by atoms with Gasteiger partial charge in [0.2, 0.25) is 0 Å². The molecule has 0 unspecified atom stereocenters. The maximum absolute atomic E-state index is 13.6. The molecule has 1 aliphatic rings. The van der Waals surface area contributed by atoms with E-state index < -0.39 is 0 Å². The molecule has 0 amide bonds. The van der Waals surface area contributed by atoms with Gasteiger partial charge in [-0.3, -0.25) is 0 Å². The van der Waals surface area contributed by atoms with E-state index in [1.165, 1.54) is 6.07 Å². The summed E-state index contributed by atoms with van der Waals surface area (Å²) < 4.78 is 19.2. The summed E-state index contributed by atoms with van der Waals surface area (Å²) in [5.41, 5.74) is 2.34. The number of rotatable bonds is 2. The molecule has 22 heavy (non-hydrogen) atoms. The van der Waals surface area contributed by atoms with Gasteiger partial charge in [0.25, 0.3) is 0 Å². The van der Waals surface area contributed by atoms with Gasteiger partial charge in [-0.25, -0.2) is 4.39 Å². The van der Waals surface area contributed by atoms with Crippen LogP contribution in [0, 0.1) is 12.7 Å². The summed E-state index contributed by atoms with van der Waals surface area (Å²) >= 11 is 5.34. The molecule has 0 saturated carbocycles. The molecule has 0 aliphatic carbocycles. The Hall–Kier alpha value is -2.14. The summed E-state index contributed by atoms with van der Waals surface area (Å²) in [5.74, 6) is 0.639.